The molecule has 0 aliphatic carbocycles. The molecule has 0 bridgehead atoms. The zero-order valence-electron chi connectivity index (χ0n) is 12.6. The van der Waals surface area contributed by atoms with Gasteiger partial charge in [-0.05, 0) is 48.9 Å². The number of hydrogen-bond acceptors (Lipinski definition) is 4. The molecule has 0 amide bonds. The molecule has 0 saturated carbocycles. The standard InChI is InChI=1S/C15H16F3N3O2/c1-9-2-4-20(5-3-9)8-13-15(21(22)23-19-13)10-6-11(16)14(18)12(17)7-10/h6-7,9H,2-5,8H2,1H3. The highest BCUT2D eigenvalue weighted by Gasteiger charge is 2.27. The Morgan fingerprint density at radius 1 is 1.26 bits per heavy atom. The smallest absolute Gasteiger partial charge is 0.240 e. The van der Waals surface area contributed by atoms with Crippen LogP contribution in [0, 0.1) is 28.6 Å². The van der Waals surface area contributed by atoms with Crippen LogP contribution in [0.3, 0.4) is 0 Å². The summed E-state index contributed by atoms with van der Waals surface area (Å²) in [6, 6.07) is 1.53. The Balaban J connectivity index is 1.90. The fourth-order valence-corrected chi connectivity index (χ4v) is 2.78. The monoisotopic (exact) mass is 327 g/mol. The Hall–Kier alpha value is -2.09. The molecule has 124 valence electrons. The molecule has 0 atom stereocenters. The van der Waals surface area contributed by atoms with E-state index in [4.69, 9.17) is 0 Å². The zero-order valence-corrected chi connectivity index (χ0v) is 12.6. The average Bonchev–Trinajstić information content (AvgIpc) is 2.87. The quantitative estimate of drug-likeness (QED) is 0.642. The molecule has 1 aromatic carbocycles. The van der Waals surface area contributed by atoms with Crippen molar-refractivity contribution in [1.29, 1.82) is 0 Å². The molecule has 8 heteroatoms. The Kier molecular flexibility index (Phi) is 4.25. The van der Waals surface area contributed by atoms with E-state index in [9.17, 15) is 18.4 Å². The first-order valence-corrected chi connectivity index (χ1v) is 7.41. The number of rotatable bonds is 3. The summed E-state index contributed by atoms with van der Waals surface area (Å²) >= 11 is 0. The minimum absolute atomic E-state index is 0.0913. The molecular weight excluding hydrogens is 311 g/mol. The van der Waals surface area contributed by atoms with Crippen molar-refractivity contribution in [1.82, 2.24) is 10.1 Å². The van der Waals surface area contributed by atoms with Crippen LogP contribution in [0.15, 0.2) is 16.8 Å². The fraction of sp³-hybridized carbons (Fsp3) is 0.467. The van der Waals surface area contributed by atoms with Gasteiger partial charge in [0.2, 0.25) is 11.4 Å². The van der Waals surface area contributed by atoms with Crippen LogP contribution in [-0.4, -0.2) is 23.1 Å². The molecule has 3 rings (SSSR count). The van der Waals surface area contributed by atoms with Crippen molar-refractivity contribution < 1.29 is 22.7 Å². The van der Waals surface area contributed by atoms with Crippen molar-refractivity contribution >= 4 is 0 Å². The average molecular weight is 327 g/mol. The molecule has 0 spiro atoms. The third kappa shape index (κ3) is 3.17. The van der Waals surface area contributed by atoms with E-state index in [1.807, 2.05) is 0 Å². The van der Waals surface area contributed by atoms with E-state index in [1.165, 1.54) is 0 Å². The fourth-order valence-electron chi connectivity index (χ4n) is 2.78. The van der Waals surface area contributed by atoms with Crippen LogP contribution in [0.5, 0.6) is 0 Å². The summed E-state index contributed by atoms with van der Waals surface area (Å²) in [5.41, 5.74) is 0.0828. The van der Waals surface area contributed by atoms with Gasteiger partial charge in [0.1, 0.15) is 0 Å². The lowest BCUT2D eigenvalue weighted by Gasteiger charge is -2.28. The third-order valence-electron chi connectivity index (χ3n) is 4.19. The van der Waals surface area contributed by atoms with Crippen molar-refractivity contribution in [3.05, 3.63) is 40.5 Å². The van der Waals surface area contributed by atoms with E-state index in [2.05, 4.69) is 21.6 Å². The van der Waals surface area contributed by atoms with Crippen molar-refractivity contribution in [3.8, 4) is 11.3 Å². The van der Waals surface area contributed by atoms with Gasteiger partial charge in [-0.1, -0.05) is 6.92 Å². The summed E-state index contributed by atoms with van der Waals surface area (Å²) in [5.74, 6) is -3.65. The minimum atomic E-state index is -1.57. The highest BCUT2D eigenvalue weighted by atomic mass is 19.2. The summed E-state index contributed by atoms with van der Waals surface area (Å²) in [5, 5.41) is 15.5. The number of hydrogen-bond donors (Lipinski definition) is 0. The molecule has 0 unspecified atom stereocenters. The first kappa shape index (κ1) is 15.8. The number of benzene rings is 1. The molecule has 1 aliphatic heterocycles. The minimum Gasteiger partial charge on any atom is -0.359 e. The molecule has 1 saturated heterocycles. The lowest BCUT2D eigenvalue weighted by molar-refractivity contribution is -0.793. The second-order valence-corrected chi connectivity index (χ2v) is 5.94. The van der Waals surface area contributed by atoms with E-state index in [1.54, 1.807) is 0 Å². The van der Waals surface area contributed by atoms with Gasteiger partial charge < -0.3 is 5.21 Å². The summed E-state index contributed by atoms with van der Waals surface area (Å²) in [6.07, 6.45) is 2.06. The normalized spacial score (nSPS) is 16.9. The number of aromatic nitrogens is 2. The van der Waals surface area contributed by atoms with E-state index in [0.29, 0.717) is 12.5 Å². The Bertz CT molecular complexity index is 689. The summed E-state index contributed by atoms with van der Waals surface area (Å²) in [6.45, 7) is 4.20. The largest absolute Gasteiger partial charge is 0.359 e. The predicted molar refractivity (Wildman–Crippen MR) is 74.4 cm³/mol. The van der Waals surface area contributed by atoms with Gasteiger partial charge in [-0.15, -0.1) is 0 Å². The van der Waals surface area contributed by atoms with Gasteiger partial charge in [0.25, 0.3) is 0 Å². The van der Waals surface area contributed by atoms with Crippen molar-refractivity contribution in [3.63, 3.8) is 0 Å². The Morgan fingerprint density at radius 2 is 1.87 bits per heavy atom. The van der Waals surface area contributed by atoms with Crippen molar-refractivity contribution in [2.24, 2.45) is 5.92 Å². The maximum absolute atomic E-state index is 13.4. The van der Waals surface area contributed by atoms with Gasteiger partial charge in [-0.3, -0.25) is 9.53 Å². The summed E-state index contributed by atoms with van der Waals surface area (Å²) < 4.78 is 44.5. The zero-order chi connectivity index (χ0) is 16.6. The van der Waals surface area contributed by atoms with Crippen LogP contribution in [0.4, 0.5) is 13.2 Å². The van der Waals surface area contributed by atoms with Crippen LogP contribution in [0.1, 0.15) is 25.5 Å². The van der Waals surface area contributed by atoms with E-state index in [-0.39, 0.29) is 21.9 Å². The highest BCUT2D eigenvalue weighted by molar-refractivity contribution is 5.58. The number of likely N-dealkylation sites (tertiary alicyclic amines) is 1. The van der Waals surface area contributed by atoms with Crippen LogP contribution < -0.4 is 4.90 Å². The third-order valence-corrected chi connectivity index (χ3v) is 4.19. The maximum atomic E-state index is 13.4. The van der Waals surface area contributed by atoms with E-state index in [0.717, 1.165) is 38.1 Å². The van der Waals surface area contributed by atoms with Gasteiger partial charge in [0, 0.05) is 10.7 Å². The van der Waals surface area contributed by atoms with Crippen LogP contribution in [0.25, 0.3) is 11.3 Å². The molecule has 1 aromatic heterocycles. The van der Waals surface area contributed by atoms with Gasteiger partial charge in [-0.25, -0.2) is 13.2 Å². The number of piperidine rings is 1. The van der Waals surface area contributed by atoms with Crippen LogP contribution in [0.2, 0.25) is 0 Å². The molecule has 1 aliphatic rings. The van der Waals surface area contributed by atoms with Crippen LogP contribution >= 0.6 is 0 Å². The molecule has 23 heavy (non-hydrogen) atoms. The molecule has 2 heterocycles. The second-order valence-electron chi connectivity index (χ2n) is 5.94. The molecule has 1 fully saturated rings. The molecule has 2 aromatic rings. The van der Waals surface area contributed by atoms with Gasteiger partial charge in [0.15, 0.2) is 17.5 Å². The Labute approximate surface area is 130 Å². The lowest BCUT2D eigenvalue weighted by atomic mass is 9.99. The highest BCUT2D eigenvalue weighted by Crippen LogP contribution is 2.25. The van der Waals surface area contributed by atoms with Crippen molar-refractivity contribution in [2.45, 2.75) is 26.3 Å². The number of halogens is 3. The molecule has 0 radical (unpaired) electrons. The van der Waals surface area contributed by atoms with Gasteiger partial charge >= 0.3 is 0 Å². The van der Waals surface area contributed by atoms with Crippen molar-refractivity contribution in [2.75, 3.05) is 13.1 Å². The predicted octanol–water partition coefficient (Wildman–Crippen LogP) is 2.62. The SMILES string of the molecule is CC1CCN(Cc2no[n+]([O-])c2-c2cc(F)c(F)c(F)c2)CC1. The summed E-state index contributed by atoms with van der Waals surface area (Å²) in [4.78, 5) is 2.19. The first-order valence-electron chi connectivity index (χ1n) is 7.41. The van der Waals surface area contributed by atoms with E-state index < -0.39 is 17.5 Å². The van der Waals surface area contributed by atoms with E-state index >= 15 is 0 Å². The second kappa shape index (κ2) is 6.19. The Morgan fingerprint density at radius 3 is 2.48 bits per heavy atom. The summed E-state index contributed by atoms with van der Waals surface area (Å²) in [7, 11) is 0. The van der Waals surface area contributed by atoms with Gasteiger partial charge in [-0.2, -0.15) is 0 Å². The molecule has 0 N–H and O–H groups in total. The molecular formula is C15H16F3N3O2. The topological polar surface area (TPSA) is 56.2 Å². The van der Waals surface area contributed by atoms with Gasteiger partial charge in [0.05, 0.1) is 6.54 Å². The lowest BCUT2D eigenvalue weighted by Crippen LogP contribution is -2.33. The molecule has 5 nitrogen and oxygen atoms in total. The number of nitrogens with zero attached hydrogens (tertiary/aromatic N) is 3. The maximum Gasteiger partial charge on any atom is 0.240 e. The van der Waals surface area contributed by atoms with Crippen LogP contribution in [-0.2, 0) is 6.54 Å². The first-order chi connectivity index (χ1) is 11.0.